The Kier molecular flexibility index (Phi) is 3.92. The molecule has 3 heteroatoms. The summed E-state index contributed by atoms with van der Waals surface area (Å²) in [6.45, 7) is 5.81. The van der Waals surface area contributed by atoms with Gasteiger partial charge in [-0.05, 0) is 12.5 Å². The summed E-state index contributed by atoms with van der Waals surface area (Å²) in [5.41, 5.74) is 1.94. The monoisotopic (exact) mass is 205 g/mol. The fourth-order valence-corrected chi connectivity index (χ4v) is 1.32. The predicted octanol–water partition coefficient (Wildman–Crippen LogP) is 2.97. The predicted molar refractivity (Wildman–Crippen MR) is 60.8 cm³/mol. The van der Waals surface area contributed by atoms with Crippen LogP contribution in [0.5, 0.6) is 0 Å². The lowest BCUT2D eigenvalue weighted by Crippen LogP contribution is -1.96. The minimum atomic E-state index is -0.316. The highest BCUT2D eigenvalue weighted by molar-refractivity contribution is 5.63. The van der Waals surface area contributed by atoms with Crippen molar-refractivity contribution in [2.24, 2.45) is 0 Å². The molecule has 0 aliphatic carbocycles. The van der Waals surface area contributed by atoms with Crippen LogP contribution in [0, 0.1) is 6.92 Å². The summed E-state index contributed by atoms with van der Waals surface area (Å²) in [5.74, 6) is 0. The number of benzene rings is 1. The molecule has 0 atom stereocenters. The summed E-state index contributed by atoms with van der Waals surface area (Å²) in [6, 6.07) is 9.45. The van der Waals surface area contributed by atoms with Gasteiger partial charge in [0.15, 0.2) is 0 Å². The van der Waals surface area contributed by atoms with Crippen LogP contribution >= 0.6 is 0 Å². The van der Waals surface area contributed by atoms with Gasteiger partial charge < -0.3 is 4.52 Å². The maximum Gasteiger partial charge on any atom is 0.365 e. The first-order chi connectivity index (χ1) is 7.29. The van der Waals surface area contributed by atoms with Crippen LogP contribution in [0.4, 0.5) is 0 Å². The van der Waals surface area contributed by atoms with E-state index in [-0.39, 0.29) is 5.63 Å². The summed E-state index contributed by atoms with van der Waals surface area (Å²) in [6.07, 6.45) is 0. The van der Waals surface area contributed by atoms with Gasteiger partial charge in [-0.3, -0.25) is 0 Å². The Morgan fingerprint density at radius 3 is 2.20 bits per heavy atom. The first-order valence-electron chi connectivity index (χ1n) is 5.02. The smallest absolute Gasteiger partial charge is 0.338 e. The molecule has 1 heterocycles. The number of aryl methyl sites for hydroxylation is 1. The molecule has 2 rings (SSSR count). The molecule has 0 bridgehead atoms. The van der Waals surface area contributed by atoms with Crippen molar-refractivity contribution in [3.05, 3.63) is 46.4 Å². The fourth-order valence-electron chi connectivity index (χ4n) is 1.32. The van der Waals surface area contributed by atoms with Crippen LogP contribution in [0.25, 0.3) is 11.1 Å². The molecule has 2 aromatic rings. The van der Waals surface area contributed by atoms with E-state index in [1.807, 2.05) is 51.1 Å². The quantitative estimate of drug-likeness (QED) is 0.777. The third-order valence-corrected chi connectivity index (χ3v) is 1.94. The lowest BCUT2D eigenvalue weighted by atomic mass is 10.1. The van der Waals surface area contributed by atoms with Crippen molar-refractivity contribution < 1.29 is 4.52 Å². The van der Waals surface area contributed by atoms with Crippen LogP contribution in [0.2, 0.25) is 0 Å². The number of H-pyrrole nitrogens is 1. The van der Waals surface area contributed by atoms with Gasteiger partial charge in [-0.2, -0.15) is 0 Å². The zero-order chi connectivity index (χ0) is 11.3. The summed E-state index contributed by atoms with van der Waals surface area (Å²) in [4.78, 5) is 11.2. The molecular formula is C12H15NO2. The third kappa shape index (κ3) is 2.37. The van der Waals surface area contributed by atoms with Gasteiger partial charge in [0.1, 0.15) is 0 Å². The second kappa shape index (κ2) is 5.20. The molecule has 0 amide bonds. The number of hydrogen-bond acceptors (Lipinski definition) is 2. The molecule has 1 N–H and O–H groups in total. The molecular weight excluding hydrogens is 190 g/mol. The van der Waals surface area contributed by atoms with Crippen LogP contribution in [-0.2, 0) is 0 Å². The molecule has 3 nitrogen and oxygen atoms in total. The number of rotatable bonds is 1. The van der Waals surface area contributed by atoms with Crippen molar-refractivity contribution in [1.82, 2.24) is 5.16 Å². The molecule has 0 aliphatic rings. The van der Waals surface area contributed by atoms with Gasteiger partial charge in [0, 0.05) is 0 Å². The van der Waals surface area contributed by atoms with Gasteiger partial charge in [-0.25, -0.2) is 9.95 Å². The van der Waals surface area contributed by atoms with Crippen molar-refractivity contribution in [3.63, 3.8) is 0 Å². The fraction of sp³-hybridized carbons (Fsp3) is 0.250. The Hall–Kier alpha value is -1.77. The van der Waals surface area contributed by atoms with Crippen molar-refractivity contribution in [2.45, 2.75) is 20.8 Å². The van der Waals surface area contributed by atoms with Crippen molar-refractivity contribution in [1.29, 1.82) is 0 Å². The average molecular weight is 205 g/mol. The standard InChI is InChI=1S/C10H9NO2.C2H6/c1-7-9(10(12)13-11-7)8-5-3-2-4-6-8;1-2/h2-6,11H,1H3;1-2H3. The van der Waals surface area contributed by atoms with E-state index in [9.17, 15) is 4.79 Å². The Balaban J connectivity index is 0.000000531. The van der Waals surface area contributed by atoms with Crippen molar-refractivity contribution in [3.8, 4) is 11.1 Å². The van der Waals surface area contributed by atoms with Crippen molar-refractivity contribution in [2.75, 3.05) is 0 Å². The normalized spacial score (nSPS) is 9.27. The van der Waals surface area contributed by atoms with E-state index in [1.54, 1.807) is 0 Å². The van der Waals surface area contributed by atoms with Gasteiger partial charge in [0.2, 0.25) is 0 Å². The first-order valence-corrected chi connectivity index (χ1v) is 5.02. The van der Waals surface area contributed by atoms with Crippen LogP contribution in [0.1, 0.15) is 19.5 Å². The molecule has 15 heavy (non-hydrogen) atoms. The third-order valence-electron chi connectivity index (χ3n) is 1.94. The molecule has 0 saturated carbocycles. The molecule has 1 aromatic heterocycles. The molecule has 0 radical (unpaired) electrons. The second-order valence-corrected chi connectivity index (χ2v) is 2.86. The topological polar surface area (TPSA) is 46.0 Å². The Bertz CT molecular complexity index is 454. The molecule has 0 aliphatic heterocycles. The molecule has 0 spiro atoms. The van der Waals surface area contributed by atoms with E-state index in [4.69, 9.17) is 0 Å². The molecule has 1 aromatic carbocycles. The number of aromatic amines is 1. The second-order valence-electron chi connectivity index (χ2n) is 2.86. The summed E-state index contributed by atoms with van der Waals surface area (Å²) in [5, 5.41) is 2.55. The highest BCUT2D eigenvalue weighted by Crippen LogP contribution is 2.17. The largest absolute Gasteiger partial charge is 0.365 e. The maximum absolute atomic E-state index is 11.2. The summed E-state index contributed by atoms with van der Waals surface area (Å²) in [7, 11) is 0. The van der Waals surface area contributed by atoms with E-state index in [0.29, 0.717) is 5.56 Å². The van der Waals surface area contributed by atoms with Gasteiger partial charge in [-0.15, -0.1) is 0 Å². The summed E-state index contributed by atoms with van der Waals surface area (Å²) >= 11 is 0. The zero-order valence-electron chi connectivity index (χ0n) is 9.20. The molecule has 0 saturated heterocycles. The number of aromatic nitrogens is 1. The highest BCUT2D eigenvalue weighted by Gasteiger charge is 2.09. The molecule has 80 valence electrons. The molecule has 0 unspecified atom stereocenters. The average Bonchev–Trinajstić information content (AvgIpc) is 2.63. The number of nitrogens with one attached hydrogen (secondary N) is 1. The lowest BCUT2D eigenvalue weighted by molar-refractivity contribution is 0.388. The highest BCUT2D eigenvalue weighted by atomic mass is 16.5. The van der Waals surface area contributed by atoms with Crippen LogP contribution in [0.3, 0.4) is 0 Å². The van der Waals surface area contributed by atoms with E-state index in [1.165, 1.54) is 0 Å². The number of hydrogen-bond donors (Lipinski definition) is 1. The van der Waals surface area contributed by atoms with Gasteiger partial charge >= 0.3 is 5.63 Å². The minimum absolute atomic E-state index is 0.316. The van der Waals surface area contributed by atoms with Crippen molar-refractivity contribution >= 4 is 0 Å². The maximum atomic E-state index is 11.2. The zero-order valence-corrected chi connectivity index (χ0v) is 9.20. The minimum Gasteiger partial charge on any atom is -0.338 e. The lowest BCUT2D eigenvalue weighted by Gasteiger charge is -1.94. The van der Waals surface area contributed by atoms with E-state index < -0.39 is 0 Å². The van der Waals surface area contributed by atoms with Crippen LogP contribution in [-0.4, -0.2) is 5.16 Å². The van der Waals surface area contributed by atoms with Gasteiger partial charge in [0.05, 0.1) is 11.3 Å². The first kappa shape index (κ1) is 11.3. The van der Waals surface area contributed by atoms with E-state index in [2.05, 4.69) is 9.68 Å². The van der Waals surface area contributed by atoms with Crippen LogP contribution < -0.4 is 5.63 Å². The SMILES string of the molecule is CC.Cc1[nH]oc(=O)c1-c1ccccc1. The van der Waals surface area contributed by atoms with E-state index in [0.717, 1.165) is 11.3 Å². The molecule has 0 fully saturated rings. The Labute approximate surface area is 88.7 Å². The van der Waals surface area contributed by atoms with Crippen LogP contribution in [0.15, 0.2) is 39.6 Å². The Morgan fingerprint density at radius 2 is 1.73 bits per heavy atom. The van der Waals surface area contributed by atoms with E-state index >= 15 is 0 Å². The van der Waals surface area contributed by atoms with Gasteiger partial charge in [-0.1, -0.05) is 44.2 Å². The summed E-state index contributed by atoms with van der Waals surface area (Å²) < 4.78 is 4.67. The Morgan fingerprint density at radius 1 is 1.13 bits per heavy atom. The van der Waals surface area contributed by atoms with Gasteiger partial charge in [0.25, 0.3) is 0 Å².